The summed E-state index contributed by atoms with van der Waals surface area (Å²) in [5.41, 5.74) is 1.61. The Balaban J connectivity index is 1.44. The lowest BCUT2D eigenvalue weighted by Gasteiger charge is -2.34. The third-order valence-electron chi connectivity index (χ3n) is 7.23. The molecule has 0 radical (unpaired) electrons. The normalized spacial score (nSPS) is 14.7. The molecule has 1 aromatic heterocycles. The SMILES string of the molecule is CC(C)(CC(=O)CC1CCN(c2ncc(S(C)(=O)=O)cc2NC(=O)c2cccc(Cl)c2)CC1)c1ccccc1. The van der Waals surface area contributed by atoms with Gasteiger partial charge in [0.1, 0.15) is 5.78 Å². The molecule has 9 heteroatoms. The van der Waals surface area contributed by atoms with Crippen molar-refractivity contribution in [2.75, 3.05) is 29.6 Å². The van der Waals surface area contributed by atoms with E-state index in [9.17, 15) is 18.0 Å². The van der Waals surface area contributed by atoms with Crippen LogP contribution in [0.1, 0.15) is 55.5 Å². The van der Waals surface area contributed by atoms with E-state index in [0.717, 1.165) is 24.7 Å². The van der Waals surface area contributed by atoms with E-state index < -0.39 is 15.7 Å². The number of pyridine rings is 1. The standard InChI is InChI=1S/C30H34ClN3O4S/c1-30(2,23-9-5-4-6-10-23)19-25(35)16-21-12-14-34(15-13-21)28-27(18-26(20-32-28)39(3,37)38)33-29(36)22-8-7-11-24(31)17-22/h4-11,17-18,20-21H,12-16,19H2,1-3H3,(H,33,36). The number of aromatic nitrogens is 1. The van der Waals surface area contributed by atoms with Crippen LogP contribution in [-0.4, -0.2) is 44.4 Å². The van der Waals surface area contributed by atoms with E-state index in [1.54, 1.807) is 24.3 Å². The lowest BCUT2D eigenvalue weighted by Crippen LogP contribution is -2.36. The van der Waals surface area contributed by atoms with Gasteiger partial charge in [0.05, 0.1) is 10.6 Å². The maximum atomic E-state index is 13.0. The summed E-state index contributed by atoms with van der Waals surface area (Å²) in [6.45, 7) is 5.50. The fraction of sp³-hybridized carbons (Fsp3) is 0.367. The zero-order valence-electron chi connectivity index (χ0n) is 22.5. The number of benzene rings is 2. The number of Topliss-reactive ketones (excluding diaryl/α,β-unsaturated/α-hetero) is 1. The third kappa shape index (κ3) is 7.46. The van der Waals surface area contributed by atoms with E-state index >= 15 is 0 Å². The number of nitrogens with zero attached hydrogens (tertiary/aromatic N) is 2. The third-order valence-corrected chi connectivity index (χ3v) is 8.54. The highest BCUT2D eigenvalue weighted by Gasteiger charge is 2.28. The summed E-state index contributed by atoms with van der Waals surface area (Å²) in [4.78, 5) is 32.4. The molecule has 1 amide bonds. The van der Waals surface area contributed by atoms with Crippen LogP contribution in [0.2, 0.25) is 5.02 Å². The monoisotopic (exact) mass is 567 g/mol. The molecule has 7 nitrogen and oxygen atoms in total. The molecule has 3 aromatic rings. The Labute approximate surface area is 235 Å². The number of carbonyl (C=O) groups excluding carboxylic acids is 2. The Morgan fingerprint density at radius 2 is 1.74 bits per heavy atom. The summed E-state index contributed by atoms with van der Waals surface area (Å²) in [5, 5.41) is 3.25. The van der Waals surface area contributed by atoms with Crippen LogP contribution in [0.15, 0.2) is 71.8 Å². The number of nitrogens with one attached hydrogen (secondary N) is 1. The zero-order chi connectivity index (χ0) is 28.2. The van der Waals surface area contributed by atoms with E-state index in [2.05, 4.69) is 36.3 Å². The molecule has 39 heavy (non-hydrogen) atoms. The fourth-order valence-corrected chi connectivity index (χ4v) is 5.80. The number of rotatable bonds is 9. The highest BCUT2D eigenvalue weighted by Crippen LogP contribution is 2.33. The number of amides is 1. The maximum absolute atomic E-state index is 13.0. The summed E-state index contributed by atoms with van der Waals surface area (Å²) >= 11 is 6.04. The second-order valence-corrected chi connectivity index (χ2v) is 13.3. The number of halogens is 1. The van der Waals surface area contributed by atoms with Crippen molar-refractivity contribution in [3.8, 4) is 0 Å². The molecule has 1 aliphatic rings. The quantitative estimate of drug-likeness (QED) is 0.344. The highest BCUT2D eigenvalue weighted by molar-refractivity contribution is 7.90. The summed E-state index contributed by atoms with van der Waals surface area (Å²) in [6.07, 6.45) is 5.05. The van der Waals surface area contributed by atoms with Gasteiger partial charge in [0.25, 0.3) is 5.91 Å². The first-order valence-electron chi connectivity index (χ1n) is 13.0. The van der Waals surface area contributed by atoms with Crippen molar-refractivity contribution in [3.05, 3.63) is 83.0 Å². The van der Waals surface area contributed by atoms with Crippen molar-refractivity contribution < 1.29 is 18.0 Å². The van der Waals surface area contributed by atoms with Gasteiger partial charge in [0.2, 0.25) is 0 Å². The molecule has 1 aliphatic heterocycles. The van der Waals surface area contributed by atoms with E-state index in [-0.39, 0.29) is 22.0 Å². The average molecular weight is 568 g/mol. The molecule has 206 valence electrons. The lowest BCUT2D eigenvalue weighted by molar-refractivity contribution is -0.121. The van der Waals surface area contributed by atoms with E-state index in [0.29, 0.717) is 48.0 Å². The number of sulfone groups is 1. The van der Waals surface area contributed by atoms with Crippen LogP contribution in [0.3, 0.4) is 0 Å². The van der Waals surface area contributed by atoms with Crippen LogP contribution in [0.4, 0.5) is 11.5 Å². The van der Waals surface area contributed by atoms with Crippen LogP contribution in [0.5, 0.6) is 0 Å². The molecule has 0 bridgehead atoms. The number of carbonyl (C=O) groups is 2. The van der Waals surface area contributed by atoms with Crippen molar-refractivity contribution in [2.45, 2.75) is 49.8 Å². The van der Waals surface area contributed by atoms with Crippen molar-refractivity contribution >= 4 is 44.6 Å². The van der Waals surface area contributed by atoms with Gasteiger partial charge in [-0.1, -0.05) is 61.8 Å². The van der Waals surface area contributed by atoms with Gasteiger partial charge in [-0.2, -0.15) is 0 Å². The Morgan fingerprint density at radius 3 is 2.38 bits per heavy atom. The molecule has 0 saturated carbocycles. The average Bonchev–Trinajstić information content (AvgIpc) is 2.89. The predicted molar refractivity (Wildman–Crippen MR) is 155 cm³/mol. The number of hydrogen-bond acceptors (Lipinski definition) is 6. The predicted octanol–water partition coefficient (Wildman–Crippen LogP) is 5.93. The van der Waals surface area contributed by atoms with Gasteiger partial charge in [-0.05, 0) is 54.0 Å². The lowest BCUT2D eigenvalue weighted by atomic mass is 9.78. The van der Waals surface area contributed by atoms with Gasteiger partial charge in [-0.15, -0.1) is 0 Å². The highest BCUT2D eigenvalue weighted by atomic mass is 35.5. The second-order valence-electron chi connectivity index (χ2n) is 10.9. The molecule has 2 heterocycles. The van der Waals surface area contributed by atoms with Crippen molar-refractivity contribution in [1.29, 1.82) is 0 Å². The van der Waals surface area contributed by atoms with Gasteiger partial charge in [0, 0.05) is 49.0 Å². The molecule has 1 N–H and O–H groups in total. The molecule has 1 fully saturated rings. The first-order chi connectivity index (χ1) is 18.4. The molecule has 4 rings (SSSR count). The Kier molecular flexibility index (Phi) is 8.76. The fourth-order valence-electron chi connectivity index (χ4n) is 5.04. The molecule has 0 atom stereocenters. The molecular weight excluding hydrogens is 534 g/mol. The molecule has 1 saturated heterocycles. The molecular formula is C30H34ClN3O4S. The molecule has 0 unspecified atom stereocenters. The van der Waals surface area contributed by atoms with Crippen LogP contribution < -0.4 is 10.2 Å². The van der Waals surface area contributed by atoms with E-state index in [1.807, 2.05) is 23.1 Å². The van der Waals surface area contributed by atoms with Gasteiger partial charge >= 0.3 is 0 Å². The number of piperidine rings is 1. The minimum Gasteiger partial charge on any atom is -0.355 e. The van der Waals surface area contributed by atoms with Gasteiger partial charge in [0.15, 0.2) is 15.7 Å². The van der Waals surface area contributed by atoms with Crippen LogP contribution in [0.25, 0.3) is 0 Å². The Morgan fingerprint density at radius 1 is 1.05 bits per heavy atom. The van der Waals surface area contributed by atoms with Crippen molar-refractivity contribution in [3.63, 3.8) is 0 Å². The second kappa shape index (κ2) is 11.9. The summed E-state index contributed by atoms with van der Waals surface area (Å²) < 4.78 is 24.4. The van der Waals surface area contributed by atoms with Crippen LogP contribution >= 0.6 is 11.6 Å². The summed E-state index contributed by atoms with van der Waals surface area (Å²) in [7, 11) is -3.53. The van der Waals surface area contributed by atoms with Crippen molar-refractivity contribution in [2.24, 2.45) is 5.92 Å². The van der Waals surface area contributed by atoms with Gasteiger partial charge in [-0.3, -0.25) is 9.59 Å². The maximum Gasteiger partial charge on any atom is 0.255 e. The zero-order valence-corrected chi connectivity index (χ0v) is 24.1. The Hall–Kier alpha value is -3.23. The summed E-state index contributed by atoms with van der Waals surface area (Å²) in [5.74, 6) is 0.619. The smallest absolute Gasteiger partial charge is 0.255 e. The Bertz CT molecular complexity index is 1450. The van der Waals surface area contributed by atoms with E-state index in [1.165, 1.54) is 12.3 Å². The largest absolute Gasteiger partial charge is 0.355 e. The molecule has 2 aromatic carbocycles. The number of ketones is 1. The van der Waals surface area contributed by atoms with Crippen LogP contribution in [0, 0.1) is 5.92 Å². The minimum atomic E-state index is -3.53. The first-order valence-corrected chi connectivity index (χ1v) is 15.3. The molecule has 0 aliphatic carbocycles. The number of anilines is 2. The summed E-state index contributed by atoms with van der Waals surface area (Å²) in [6, 6.07) is 18.1. The van der Waals surface area contributed by atoms with E-state index in [4.69, 9.17) is 11.6 Å². The minimum absolute atomic E-state index is 0.0224. The topological polar surface area (TPSA) is 96.4 Å². The first kappa shape index (κ1) is 28.8. The van der Waals surface area contributed by atoms with Gasteiger partial charge in [-0.25, -0.2) is 13.4 Å². The van der Waals surface area contributed by atoms with Gasteiger partial charge < -0.3 is 10.2 Å². The van der Waals surface area contributed by atoms with Crippen molar-refractivity contribution in [1.82, 2.24) is 4.98 Å². The number of hydrogen-bond donors (Lipinski definition) is 1. The van der Waals surface area contributed by atoms with Crippen LogP contribution in [-0.2, 0) is 20.0 Å². The molecule has 0 spiro atoms.